The van der Waals surface area contributed by atoms with E-state index in [0.29, 0.717) is 6.61 Å². The molecule has 0 amide bonds. The van der Waals surface area contributed by atoms with Gasteiger partial charge in [0.25, 0.3) is 10.1 Å². The molecule has 2 aromatic rings. The Balaban J connectivity index is 0.000000569. The van der Waals surface area contributed by atoms with Crippen molar-refractivity contribution < 1.29 is 22.5 Å². The van der Waals surface area contributed by atoms with Crippen molar-refractivity contribution in [2.75, 3.05) is 43.9 Å². The maximum atomic E-state index is 12.8. The summed E-state index contributed by atoms with van der Waals surface area (Å²) in [5.74, 6) is -0.269. The number of carbonyl (C=O) groups is 1. The van der Waals surface area contributed by atoms with Gasteiger partial charge >= 0.3 is 5.97 Å². The van der Waals surface area contributed by atoms with Gasteiger partial charge in [-0.1, -0.05) is 48.5 Å². The highest BCUT2D eigenvalue weighted by molar-refractivity contribution is 7.85. The van der Waals surface area contributed by atoms with Crippen LogP contribution in [0.4, 0.5) is 5.69 Å². The molecule has 182 valence electrons. The van der Waals surface area contributed by atoms with Gasteiger partial charge < -0.3 is 15.0 Å². The van der Waals surface area contributed by atoms with Crippen LogP contribution < -0.4 is 5.32 Å². The number of carbonyl (C=O) groups excluding carboxylic acids is 1. The molecule has 0 atom stereocenters. The average molecular weight is 477 g/mol. The molecule has 8 heteroatoms. The highest BCUT2D eigenvalue weighted by Gasteiger charge is 2.43. The Labute approximate surface area is 197 Å². The van der Waals surface area contributed by atoms with Crippen LogP contribution in [0, 0.1) is 0 Å². The molecule has 3 rings (SSSR count). The fourth-order valence-electron chi connectivity index (χ4n) is 3.89. The molecule has 1 aliphatic heterocycles. The Kier molecular flexibility index (Phi) is 10.8. The van der Waals surface area contributed by atoms with E-state index < -0.39 is 15.5 Å². The van der Waals surface area contributed by atoms with Crippen LogP contribution in [-0.4, -0.2) is 62.4 Å². The van der Waals surface area contributed by atoms with Crippen LogP contribution in [0.15, 0.2) is 60.7 Å². The molecule has 1 aliphatic rings. The van der Waals surface area contributed by atoms with Gasteiger partial charge in [0.05, 0.1) is 17.8 Å². The second kappa shape index (κ2) is 13.3. The first kappa shape index (κ1) is 26.8. The van der Waals surface area contributed by atoms with E-state index in [1.807, 2.05) is 43.3 Å². The minimum atomic E-state index is -3.66. The third-order valence-electron chi connectivity index (χ3n) is 5.82. The number of para-hydroxylation sites is 1. The standard InChI is InChI=1S/C23H30N2O2.C2H6O3S/c1-2-27-22(26)23(20-10-5-3-6-11-20)14-18-25(19-15-23)17-9-16-24-21-12-7-4-8-13-21;1-2-6(3,4)5/h3-8,10-13,24H,2,9,14-19H2,1H3;2H2,1H3,(H,3,4,5). The smallest absolute Gasteiger partial charge is 0.316 e. The molecule has 0 bridgehead atoms. The summed E-state index contributed by atoms with van der Waals surface area (Å²) in [6.45, 7) is 7.55. The zero-order chi connectivity index (χ0) is 24.2. The normalized spacial score (nSPS) is 15.7. The first-order chi connectivity index (χ1) is 15.8. The number of nitrogens with one attached hydrogen (secondary N) is 1. The number of ether oxygens (including phenoxy) is 1. The van der Waals surface area contributed by atoms with Crippen molar-refractivity contribution in [3.63, 3.8) is 0 Å². The van der Waals surface area contributed by atoms with Crippen molar-refractivity contribution in [2.45, 2.75) is 38.5 Å². The first-order valence-electron chi connectivity index (χ1n) is 11.5. The summed E-state index contributed by atoms with van der Waals surface area (Å²) < 4.78 is 32.4. The third kappa shape index (κ3) is 8.79. The van der Waals surface area contributed by atoms with Crippen molar-refractivity contribution in [1.82, 2.24) is 4.90 Å². The lowest BCUT2D eigenvalue weighted by Crippen LogP contribution is -2.48. The van der Waals surface area contributed by atoms with Crippen LogP contribution in [-0.2, 0) is 25.1 Å². The minimum absolute atomic E-state index is 0.0680. The van der Waals surface area contributed by atoms with Gasteiger partial charge in [-0.3, -0.25) is 9.35 Å². The number of rotatable bonds is 9. The predicted molar refractivity (Wildman–Crippen MR) is 132 cm³/mol. The van der Waals surface area contributed by atoms with Gasteiger partial charge in [0.15, 0.2) is 0 Å². The second-order valence-corrected chi connectivity index (χ2v) is 9.77. The maximum Gasteiger partial charge on any atom is 0.316 e. The number of hydrogen-bond donors (Lipinski definition) is 2. The molecule has 33 heavy (non-hydrogen) atoms. The molecular weight excluding hydrogens is 440 g/mol. The Morgan fingerprint density at radius 1 is 1.03 bits per heavy atom. The van der Waals surface area contributed by atoms with Crippen LogP contribution in [0.25, 0.3) is 0 Å². The Morgan fingerprint density at radius 2 is 1.58 bits per heavy atom. The van der Waals surface area contributed by atoms with Gasteiger partial charge in [0.2, 0.25) is 0 Å². The topological polar surface area (TPSA) is 95.9 Å². The Morgan fingerprint density at radius 3 is 2.09 bits per heavy atom. The summed E-state index contributed by atoms with van der Waals surface area (Å²) in [6.07, 6.45) is 2.73. The fourth-order valence-corrected chi connectivity index (χ4v) is 3.89. The third-order valence-corrected chi connectivity index (χ3v) is 6.55. The van der Waals surface area contributed by atoms with Gasteiger partial charge in [0, 0.05) is 12.2 Å². The molecule has 2 aromatic carbocycles. The number of esters is 1. The zero-order valence-electron chi connectivity index (χ0n) is 19.6. The molecule has 7 nitrogen and oxygen atoms in total. The summed E-state index contributed by atoms with van der Waals surface area (Å²) in [5.41, 5.74) is 1.77. The summed E-state index contributed by atoms with van der Waals surface area (Å²) >= 11 is 0. The van der Waals surface area contributed by atoms with E-state index in [1.165, 1.54) is 12.6 Å². The molecule has 2 N–H and O–H groups in total. The molecule has 0 spiro atoms. The molecule has 1 heterocycles. The van der Waals surface area contributed by atoms with Crippen LogP contribution in [0.3, 0.4) is 0 Å². The Hall–Kier alpha value is -2.42. The van der Waals surface area contributed by atoms with Crippen molar-refractivity contribution in [3.05, 3.63) is 66.2 Å². The SMILES string of the molecule is CCOC(=O)C1(c2ccccc2)CCN(CCCNc2ccccc2)CC1.CCS(=O)(=O)O. The largest absolute Gasteiger partial charge is 0.465 e. The number of benzene rings is 2. The second-order valence-electron chi connectivity index (χ2n) is 8.03. The van der Waals surface area contributed by atoms with E-state index in [0.717, 1.165) is 51.0 Å². The summed E-state index contributed by atoms with van der Waals surface area (Å²) in [7, 11) is -3.66. The summed E-state index contributed by atoms with van der Waals surface area (Å²) in [4.78, 5) is 15.3. The monoisotopic (exact) mass is 476 g/mol. The van der Waals surface area contributed by atoms with Crippen molar-refractivity contribution in [3.8, 4) is 0 Å². The lowest BCUT2D eigenvalue weighted by Gasteiger charge is -2.40. The molecule has 0 aliphatic carbocycles. The van der Waals surface area contributed by atoms with Crippen molar-refractivity contribution >= 4 is 21.8 Å². The Bertz CT molecular complexity index is 928. The zero-order valence-corrected chi connectivity index (χ0v) is 20.4. The highest BCUT2D eigenvalue weighted by atomic mass is 32.2. The van der Waals surface area contributed by atoms with Crippen LogP contribution >= 0.6 is 0 Å². The molecule has 0 aromatic heterocycles. The van der Waals surface area contributed by atoms with Crippen LogP contribution in [0.2, 0.25) is 0 Å². The van der Waals surface area contributed by atoms with E-state index >= 15 is 0 Å². The number of anilines is 1. The van der Waals surface area contributed by atoms with Crippen LogP contribution in [0.1, 0.15) is 38.7 Å². The van der Waals surface area contributed by atoms with Gasteiger partial charge in [-0.05, 0) is 70.4 Å². The van der Waals surface area contributed by atoms with E-state index in [9.17, 15) is 13.2 Å². The molecule has 0 saturated carbocycles. The average Bonchev–Trinajstić information content (AvgIpc) is 2.83. The van der Waals surface area contributed by atoms with E-state index in [-0.39, 0.29) is 11.7 Å². The number of hydrogen-bond acceptors (Lipinski definition) is 6. The maximum absolute atomic E-state index is 12.8. The van der Waals surface area contributed by atoms with E-state index in [2.05, 4.69) is 34.5 Å². The minimum Gasteiger partial charge on any atom is -0.465 e. The highest BCUT2D eigenvalue weighted by Crippen LogP contribution is 2.37. The lowest BCUT2D eigenvalue weighted by atomic mass is 9.72. The van der Waals surface area contributed by atoms with Crippen LogP contribution in [0.5, 0.6) is 0 Å². The number of nitrogens with zero attached hydrogens (tertiary/aromatic N) is 1. The molecule has 0 unspecified atom stereocenters. The van der Waals surface area contributed by atoms with E-state index in [1.54, 1.807) is 0 Å². The summed E-state index contributed by atoms with van der Waals surface area (Å²) in [5, 5.41) is 3.46. The predicted octanol–water partition coefficient (Wildman–Crippen LogP) is 3.98. The summed E-state index contributed by atoms with van der Waals surface area (Å²) in [6, 6.07) is 20.5. The van der Waals surface area contributed by atoms with Gasteiger partial charge in [-0.2, -0.15) is 8.42 Å². The van der Waals surface area contributed by atoms with Gasteiger partial charge in [-0.25, -0.2) is 0 Å². The fraction of sp³-hybridized carbons (Fsp3) is 0.480. The van der Waals surface area contributed by atoms with Gasteiger partial charge in [-0.15, -0.1) is 0 Å². The first-order valence-corrected chi connectivity index (χ1v) is 13.1. The lowest BCUT2D eigenvalue weighted by molar-refractivity contribution is -0.152. The quantitative estimate of drug-likeness (QED) is 0.321. The molecule has 0 radical (unpaired) electrons. The van der Waals surface area contributed by atoms with Crippen molar-refractivity contribution in [2.24, 2.45) is 0 Å². The molecule has 1 saturated heterocycles. The number of piperidine rings is 1. The molecule has 1 fully saturated rings. The van der Waals surface area contributed by atoms with E-state index in [4.69, 9.17) is 9.29 Å². The van der Waals surface area contributed by atoms with Crippen molar-refractivity contribution in [1.29, 1.82) is 0 Å². The number of likely N-dealkylation sites (tertiary alicyclic amines) is 1. The van der Waals surface area contributed by atoms with Gasteiger partial charge in [0.1, 0.15) is 0 Å². The molecular formula is C25H36N2O5S.